The molecule has 0 aromatic carbocycles. The van der Waals surface area contributed by atoms with Crippen LogP contribution in [0.2, 0.25) is 0 Å². The molecule has 0 saturated heterocycles. The Labute approximate surface area is 349 Å². The maximum Gasteiger partial charge on any atom is 0.306 e. The highest BCUT2D eigenvalue weighted by Crippen LogP contribution is 2.19. The van der Waals surface area contributed by atoms with Crippen LogP contribution >= 0.6 is 0 Å². The number of rotatable bonds is 45. The minimum absolute atomic E-state index is 0.00249. The first kappa shape index (κ1) is 53.9. The Bertz CT molecular complexity index is 931. The fourth-order valence-electron chi connectivity index (χ4n) is 7.47. The second kappa shape index (κ2) is 47.3. The molecule has 0 fully saturated rings. The van der Waals surface area contributed by atoms with Crippen LogP contribution in [-0.4, -0.2) is 23.1 Å². The van der Waals surface area contributed by atoms with Crippen molar-refractivity contribution in [1.29, 1.82) is 0 Å². The smallest absolute Gasteiger partial charge is 0.306 e. The largest absolute Gasteiger partial charge is 0.481 e. The topological polar surface area (TPSA) is 63.6 Å². The van der Waals surface area contributed by atoms with Gasteiger partial charge >= 0.3 is 11.9 Å². The summed E-state index contributed by atoms with van der Waals surface area (Å²) in [5.74, 6) is -0.696. The van der Waals surface area contributed by atoms with E-state index in [4.69, 9.17) is 9.84 Å². The molecule has 0 amide bonds. The number of ether oxygens (including phenoxy) is 1. The van der Waals surface area contributed by atoms with E-state index in [1.54, 1.807) is 0 Å². The van der Waals surface area contributed by atoms with Crippen LogP contribution in [0.1, 0.15) is 264 Å². The van der Waals surface area contributed by atoms with Gasteiger partial charge in [-0.05, 0) is 77.0 Å². The van der Waals surface area contributed by atoms with E-state index in [-0.39, 0.29) is 18.5 Å². The lowest BCUT2D eigenvalue weighted by Gasteiger charge is -2.18. The summed E-state index contributed by atoms with van der Waals surface area (Å²) in [5, 5.41) is 8.87. The fourth-order valence-corrected chi connectivity index (χ4v) is 7.47. The zero-order chi connectivity index (χ0) is 40.7. The van der Waals surface area contributed by atoms with Crippen molar-refractivity contribution in [2.45, 2.75) is 270 Å². The van der Waals surface area contributed by atoms with Gasteiger partial charge in [0, 0.05) is 12.8 Å². The number of unbranched alkanes of at least 4 members (excludes halogenated alkanes) is 28. The molecule has 0 saturated carbocycles. The summed E-state index contributed by atoms with van der Waals surface area (Å²) in [6, 6.07) is 0. The Hall–Kier alpha value is -2.10. The second-order valence-electron chi connectivity index (χ2n) is 16.6. The number of hydrogen-bond acceptors (Lipinski definition) is 3. The summed E-state index contributed by atoms with van der Waals surface area (Å²) in [5.41, 5.74) is 0. The average molecular weight is 783 g/mol. The van der Waals surface area contributed by atoms with Crippen LogP contribution in [0.4, 0.5) is 0 Å². The summed E-state index contributed by atoms with van der Waals surface area (Å²) < 4.78 is 6.05. The molecule has 0 aliphatic heterocycles. The van der Waals surface area contributed by atoms with E-state index in [1.807, 2.05) is 0 Å². The number of hydrogen-bond donors (Lipinski definition) is 1. The van der Waals surface area contributed by atoms with Gasteiger partial charge in [0.25, 0.3) is 0 Å². The van der Waals surface area contributed by atoms with Gasteiger partial charge in [-0.25, -0.2) is 0 Å². The van der Waals surface area contributed by atoms with E-state index < -0.39 is 5.97 Å². The van der Waals surface area contributed by atoms with Crippen molar-refractivity contribution in [2.75, 3.05) is 0 Å². The molecule has 0 bridgehead atoms. The van der Waals surface area contributed by atoms with Gasteiger partial charge in [-0.15, -0.1) is 0 Å². The molecule has 0 spiro atoms. The maximum atomic E-state index is 12.8. The Balaban J connectivity index is 3.94. The molecule has 0 aliphatic rings. The standard InChI is InChI=1S/C52H94O4/c1-3-5-7-9-11-13-15-17-19-20-21-22-23-24-25-26-28-30-32-34-36-41-45-49-52(55)56-50(47-43-39-37-40-44-48-51(53)54)46-42-38-35-33-31-29-27-18-16-14-12-10-8-6-4-2/h5,7,11,13,17,19,21-22,50H,3-4,6,8-10,12,14-16,18,20,23-49H2,1-2H3,(H,53,54)/b7-5-,13-11-,19-17-,22-21-. The summed E-state index contributed by atoms with van der Waals surface area (Å²) in [6.07, 6.45) is 64.4. The molecule has 1 atom stereocenters. The van der Waals surface area contributed by atoms with Crippen LogP contribution in [-0.2, 0) is 14.3 Å². The van der Waals surface area contributed by atoms with Gasteiger partial charge in [0.1, 0.15) is 6.10 Å². The Morgan fingerprint density at radius 2 is 0.750 bits per heavy atom. The highest BCUT2D eigenvalue weighted by atomic mass is 16.5. The SMILES string of the molecule is CC/C=C\C/C=C\C/C=C\C/C=C\CCCCCCCCCCCCC(=O)OC(CCCCCCCCCCCCCCCCC)CCCCCCCC(=O)O. The molecule has 1 N–H and O–H groups in total. The van der Waals surface area contributed by atoms with Gasteiger partial charge in [0.05, 0.1) is 0 Å². The molecule has 0 aromatic heterocycles. The molecule has 0 rings (SSSR count). The van der Waals surface area contributed by atoms with Crippen LogP contribution in [0.25, 0.3) is 0 Å². The third-order valence-electron chi connectivity index (χ3n) is 11.1. The Morgan fingerprint density at radius 1 is 0.411 bits per heavy atom. The molecule has 1 unspecified atom stereocenters. The Morgan fingerprint density at radius 3 is 1.16 bits per heavy atom. The summed E-state index contributed by atoms with van der Waals surface area (Å²) in [6.45, 7) is 4.46. The number of carbonyl (C=O) groups excluding carboxylic acids is 1. The quantitative estimate of drug-likeness (QED) is 0.0380. The first-order chi connectivity index (χ1) is 27.6. The van der Waals surface area contributed by atoms with Crippen molar-refractivity contribution in [2.24, 2.45) is 0 Å². The van der Waals surface area contributed by atoms with Gasteiger partial charge in [0.15, 0.2) is 0 Å². The first-order valence-electron chi connectivity index (χ1n) is 24.6. The molecular weight excluding hydrogens is 689 g/mol. The van der Waals surface area contributed by atoms with Gasteiger partial charge < -0.3 is 9.84 Å². The van der Waals surface area contributed by atoms with Crippen molar-refractivity contribution in [1.82, 2.24) is 0 Å². The van der Waals surface area contributed by atoms with Crippen molar-refractivity contribution >= 4 is 11.9 Å². The van der Waals surface area contributed by atoms with E-state index in [0.717, 1.165) is 89.9 Å². The number of aliphatic carboxylic acids is 1. The molecule has 0 heterocycles. The van der Waals surface area contributed by atoms with Crippen molar-refractivity contribution < 1.29 is 19.4 Å². The predicted octanol–water partition coefficient (Wildman–Crippen LogP) is 17.5. The predicted molar refractivity (Wildman–Crippen MR) is 245 cm³/mol. The molecule has 0 aliphatic carbocycles. The van der Waals surface area contributed by atoms with Crippen LogP contribution < -0.4 is 0 Å². The highest BCUT2D eigenvalue weighted by molar-refractivity contribution is 5.69. The first-order valence-corrected chi connectivity index (χ1v) is 24.6. The normalized spacial score (nSPS) is 12.6. The van der Waals surface area contributed by atoms with E-state index in [0.29, 0.717) is 6.42 Å². The molecular formula is C52H94O4. The zero-order valence-electron chi connectivity index (χ0n) is 37.4. The minimum Gasteiger partial charge on any atom is -0.481 e. The molecule has 0 aromatic rings. The lowest BCUT2D eigenvalue weighted by molar-refractivity contribution is -0.150. The van der Waals surface area contributed by atoms with Crippen molar-refractivity contribution in [3.8, 4) is 0 Å². The van der Waals surface area contributed by atoms with Crippen molar-refractivity contribution in [3.05, 3.63) is 48.6 Å². The monoisotopic (exact) mass is 783 g/mol. The number of carboxylic acids is 1. The number of carboxylic acid groups (broad SMARTS) is 1. The molecule has 56 heavy (non-hydrogen) atoms. The lowest BCUT2D eigenvalue weighted by Crippen LogP contribution is -2.18. The van der Waals surface area contributed by atoms with E-state index in [9.17, 15) is 9.59 Å². The third kappa shape index (κ3) is 46.3. The number of carbonyl (C=O) groups is 2. The van der Waals surface area contributed by atoms with Crippen LogP contribution in [0.15, 0.2) is 48.6 Å². The van der Waals surface area contributed by atoms with Gasteiger partial charge in [-0.2, -0.15) is 0 Å². The summed E-state index contributed by atoms with van der Waals surface area (Å²) >= 11 is 0. The van der Waals surface area contributed by atoms with E-state index in [1.165, 1.54) is 148 Å². The van der Waals surface area contributed by atoms with Crippen LogP contribution in [0.3, 0.4) is 0 Å². The highest BCUT2D eigenvalue weighted by Gasteiger charge is 2.14. The van der Waals surface area contributed by atoms with Gasteiger partial charge in [0.2, 0.25) is 0 Å². The molecule has 0 radical (unpaired) electrons. The average Bonchev–Trinajstić information content (AvgIpc) is 3.19. The summed E-state index contributed by atoms with van der Waals surface area (Å²) in [4.78, 5) is 23.6. The molecule has 4 nitrogen and oxygen atoms in total. The van der Waals surface area contributed by atoms with Gasteiger partial charge in [-0.1, -0.05) is 223 Å². The minimum atomic E-state index is -0.698. The van der Waals surface area contributed by atoms with Gasteiger partial charge in [-0.3, -0.25) is 9.59 Å². The lowest BCUT2D eigenvalue weighted by atomic mass is 10.0. The third-order valence-corrected chi connectivity index (χ3v) is 11.1. The molecule has 4 heteroatoms. The fraction of sp³-hybridized carbons (Fsp3) is 0.808. The number of allylic oxidation sites excluding steroid dienone is 8. The summed E-state index contributed by atoms with van der Waals surface area (Å²) in [7, 11) is 0. The van der Waals surface area contributed by atoms with Crippen molar-refractivity contribution in [3.63, 3.8) is 0 Å². The maximum absolute atomic E-state index is 12.8. The zero-order valence-corrected chi connectivity index (χ0v) is 37.4. The Kier molecular flexibility index (Phi) is 45.5. The van der Waals surface area contributed by atoms with Crippen LogP contribution in [0, 0.1) is 0 Å². The van der Waals surface area contributed by atoms with E-state index in [2.05, 4.69) is 62.5 Å². The molecule has 326 valence electrons. The van der Waals surface area contributed by atoms with Crippen LogP contribution in [0.5, 0.6) is 0 Å². The second-order valence-corrected chi connectivity index (χ2v) is 16.6. The van der Waals surface area contributed by atoms with E-state index >= 15 is 0 Å². The number of esters is 1.